The van der Waals surface area contributed by atoms with Gasteiger partial charge < -0.3 is 40.2 Å². The zero-order chi connectivity index (χ0) is 28.8. The Morgan fingerprint density at radius 2 is 0.868 bits per heavy atom. The van der Waals surface area contributed by atoms with Gasteiger partial charge in [-0.2, -0.15) is 0 Å². The molecular weight excluding hydrogens is 504 g/mol. The number of carbonyl (C=O) groups excluding carboxylic acids is 6. The number of hydrogen-bond acceptors (Lipinski definition) is 10. The zero-order valence-corrected chi connectivity index (χ0v) is 22.7. The molecule has 0 rings (SSSR count). The molecule has 14 heteroatoms. The Kier molecular flexibility index (Phi) is 19.5. The average Bonchev–Trinajstić information content (AvgIpc) is 2.85. The molecule has 2 unspecified atom stereocenters. The molecule has 0 heterocycles. The quantitative estimate of drug-likeness (QED) is 0.103. The maximum Gasteiger partial charge on any atom is 0.329 e. The van der Waals surface area contributed by atoms with Gasteiger partial charge in [0.25, 0.3) is 0 Å². The van der Waals surface area contributed by atoms with Gasteiger partial charge in [0.15, 0.2) is 0 Å². The van der Waals surface area contributed by atoms with Crippen molar-refractivity contribution in [2.24, 2.45) is 0 Å². The van der Waals surface area contributed by atoms with Gasteiger partial charge in [-0.1, -0.05) is 12.8 Å². The summed E-state index contributed by atoms with van der Waals surface area (Å²) in [4.78, 5) is 71.5. The number of rotatable bonds is 19. The molecule has 2 atom stereocenters. The topological polar surface area (TPSA) is 187 Å². The van der Waals surface area contributed by atoms with Crippen molar-refractivity contribution < 1.29 is 47.7 Å². The Labute approximate surface area is 223 Å². The lowest BCUT2D eigenvalue weighted by Gasteiger charge is -2.17. The van der Waals surface area contributed by atoms with Gasteiger partial charge in [0.05, 0.1) is 39.3 Å². The second-order valence-corrected chi connectivity index (χ2v) is 7.84. The van der Waals surface area contributed by atoms with Crippen LogP contribution in [-0.4, -0.2) is 87.5 Å². The van der Waals surface area contributed by atoms with E-state index in [-0.39, 0.29) is 39.3 Å². The lowest BCUT2D eigenvalue weighted by Crippen LogP contribution is -2.48. The van der Waals surface area contributed by atoms with Crippen LogP contribution in [0.3, 0.4) is 0 Å². The van der Waals surface area contributed by atoms with Crippen molar-refractivity contribution in [3.63, 3.8) is 0 Å². The predicted octanol–water partition coefficient (Wildman–Crippen LogP) is 0.915. The van der Waals surface area contributed by atoms with Crippen LogP contribution >= 0.6 is 0 Å². The van der Waals surface area contributed by atoms with Crippen molar-refractivity contribution in [2.75, 3.05) is 39.5 Å². The molecule has 0 aromatic carbocycles. The molecule has 0 spiro atoms. The number of ether oxygens (including phenoxy) is 4. The molecule has 0 bridgehead atoms. The minimum Gasteiger partial charge on any atom is -0.466 e. The van der Waals surface area contributed by atoms with E-state index in [1.54, 1.807) is 27.7 Å². The minimum atomic E-state index is -1.15. The summed E-state index contributed by atoms with van der Waals surface area (Å²) in [5.74, 6) is -2.68. The first kappa shape index (κ1) is 34.4. The summed E-state index contributed by atoms with van der Waals surface area (Å²) in [6.07, 6.45) is 2.14. The first-order valence-corrected chi connectivity index (χ1v) is 12.9. The smallest absolute Gasteiger partial charge is 0.329 e. The molecule has 218 valence electrons. The molecule has 0 fully saturated rings. The van der Waals surface area contributed by atoms with E-state index in [4.69, 9.17) is 18.9 Å². The van der Waals surface area contributed by atoms with Crippen LogP contribution in [0.1, 0.15) is 66.2 Å². The molecule has 0 saturated carbocycles. The molecule has 0 saturated heterocycles. The number of esters is 4. The zero-order valence-electron chi connectivity index (χ0n) is 22.7. The van der Waals surface area contributed by atoms with E-state index in [9.17, 15) is 28.8 Å². The highest BCUT2D eigenvalue weighted by molar-refractivity contribution is 5.88. The number of amides is 4. The monoisotopic (exact) mass is 546 g/mol. The third-order valence-corrected chi connectivity index (χ3v) is 4.78. The minimum absolute atomic E-state index is 0.109. The fraction of sp³-hybridized carbons (Fsp3) is 0.750. The van der Waals surface area contributed by atoms with Gasteiger partial charge in [-0.25, -0.2) is 19.2 Å². The highest BCUT2D eigenvalue weighted by atomic mass is 16.5. The molecular formula is C24H42N4O10. The van der Waals surface area contributed by atoms with Crippen LogP contribution in [-0.2, 0) is 38.1 Å². The Bertz CT molecular complexity index is 700. The molecule has 4 amide bonds. The van der Waals surface area contributed by atoms with Crippen molar-refractivity contribution >= 4 is 35.9 Å². The van der Waals surface area contributed by atoms with Crippen LogP contribution < -0.4 is 21.3 Å². The summed E-state index contributed by atoms with van der Waals surface area (Å²) in [7, 11) is 0. The Morgan fingerprint density at radius 3 is 1.18 bits per heavy atom. The van der Waals surface area contributed by atoms with Crippen LogP contribution in [0.15, 0.2) is 0 Å². The Hall–Kier alpha value is -3.58. The first-order valence-electron chi connectivity index (χ1n) is 12.9. The van der Waals surface area contributed by atoms with Crippen molar-refractivity contribution in [2.45, 2.75) is 78.3 Å². The van der Waals surface area contributed by atoms with Crippen molar-refractivity contribution in [3.05, 3.63) is 0 Å². The van der Waals surface area contributed by atoms with E-state index in [1.165, 1.54) is 0 Å². The number of hydrogen-bond donors (Lipinski definition) is 4. The molecule has 38 heavy (non-hydrogen) atoms. The fourth-order valence-corrected chi connectivity index (χ4v) is 3.07. The van der Waals surface area contributed by atoms with Crippen LogP contribution in [0.2, 0.25) is 0 Å². The molecule has 14 nitrogen and oxygen atoms in total. The van der Waals surface area contributed by atoms with Gasteiger partial charge in [-0.05, 0) is 40.5 Å². The third-order valence-electron chi connectivity index (χ3n) is 4.78. The largest absolute Gasteiger partial charge is 0.466 e. The van der Waals surface area contributed by atoms with E-state index in [0.29, 0.717) is 25.9 Å². The van der Waals surface area contributed by atoms with Crippen molar-refractivity contribution in [1.29, 1.82) is 0 Å². The van der Waals surface area contributed by atoms with Gasteiger partial charge in [0, 0.05) is 13.1 Å². The van der Waals surface area contributed by atoms with Gasteiger partial charge in [0.1, 0.15) is 12.1 Å². The van der Waals surface area contributed by atoms with Crippen LogP contribution in [0.25, 0.3) is 0 Å². The third kappa shape index (κ3) is 17.0. The standard InChI is InChI=1S/C24H42N4O10/c1-5-35-19(29)15-17(21(31)37-7-3)27-23(33)25-13-11-9-10-12-14-26-24(34)28-18(22(32)38-8-4)16-20(30)36-6-2/h17-18H,5-16H2,1-4H3,(H2,25,27,33)(H2,26,28,34). The van der Waals surface area contributed by atoms with Crippen molar-refractivity contribution in [1.82, 2.24) is 21.3 Å². The van der Waals surface area contributed by atoms with Gasteiger partial charge >= 0.3 is 35.9 Å². The Balaban J connectivity index is 4.23. The van der Waals surface area contributed by atoms with Crippen molar-refractivity contribution in [3.8, 4) is 0 Å². The highest BCUT2D eigenvalue weighted by Crippen LogP contribution is 2.02. The molecule has 0 aliphatic rings. The normalized spacial score (nSPS) is 11.8. The summed E-state index contributed by atoms with van der Waals surface area (Å²) < 4.78 is 19.4. The molecule has 0 aliphatic carbocycles. The molecule has 0 aromatic rings. The van der Waals surface area contributed by atoms with Gasteiger partial charge in [0.2, 0.25) is 0 Å². The summed E-state index contributed by atoms with van der Waals surface area (Å²) in [6, 6.07) is -3.51. The van der Waals surface area contributed by atoms with E-state index >= 15 is 0 Å². The van der Waals surface area contributed by atoms with E-state index in [0.717, 1.165) is 12.8 Å². The van der Waals surface area contributed by atoms with Gasteiger partial charge in [-0.3, -0.25) is 9.59 Å². The van der Waals surface area contributed by atoms with Crippen LogP contribution in [0.5, 0.6) is 0 Å². The maximum absolute atomic E-state index is 12.1. The molecule has 0 aromatic heterocycles. The van der Waals surface area contributed by atoms with Crippen LogP contribution in [0.4, 0.5) is 9.59 Å². The van der Waals surface area contributed by atoms with E-state index in [1.807, 2.05) is 0 Å². The van der Waals surface area contributed by atoms with Crippen LogP contribution in [0, 0.1) is 0 Å². The average molecular weight is 547 g/mol. The molecule has 0 radical (unpaired) electrons. The summed E-state index contributed by atoms with van der Waals surface area (Å²) >= 11 is 0. The number of carbonyl (C=O) groups is 6. The Morgan fingerprint density at radius 1 is 0.526 bits per heavy atom. The second-order valence-electron chi connectivity index (χ2n) is 7.84. The highest BCUT2D eigenvalue weighted by Gasteiger charge is 2.26. The number of nitrogens with one attached hydrogen (secondary N) is 4. The van der Waals surface area contributed by atoms with E-state index in [2.05, 4.69) is 21.3 Å². The summed E-state index contributed by atoms with van der Waals surface area (Å²) in [5, 5.41) is 10.1. The lowest BCUT2D eigenvalue weighted by molar-refractivity contribution is -0.152. The van der Waals surface area contributed by atoms with E-state index < -0.39 is 48.0 Å². The first-order chi connectivity index (χ1) is 18.2. The SMILES string of the molecule is CCOC(=O)CC(NC(=O)NCCCCCCNC(=O)NC(CC(=O)OCC)C(=O)OCC)C(=O)OCC. The fourth-order valence-electron chi connectivity index (χ4n) is 3.07. The maximum atomic E-state index is 12.1. The molecule has 4 N–H and O–H groups in total. The summed E-state index contributed by atoms with van der Waals surface area (Å²) in [6.45, 7) is 7.72. The lowest BCUT2D eigenvalue weighted by atomic mass is 10.2. The number of urea groups is 2. The predicted molar refractivity (Wildman–Crippen MR) is 135 cm³/mol. The summed E-state index contributed by atoms with van der Waals surface area (Å²) in [5.41, 5.74) is 0. The van der Waals surface area contributed by atoms with Gasteiger partial charge in [-0.15, -0.1) is 0 Å². The number of unbranched alkanes of at least 4 members (excludes halogenated alkanes) is 3. The second kappa shape index (κ2) is 21.5. The molecule has 0 aliphatic heterocycles.